The minimum Gasteiger partial charge on any atom is -0.494 e. The number of nitrogens with two attached hydrogens (primary N) is 1. The lowest BCUT2D eigenvalue weighted by Crippen LogP contribution is -2.31. The van der Waals surface area contributed by atoms with E-state index in [9.17, 15) is 9.59 Å². The van der Waals surface area contributed by atoms with Crippen LogP contribution in [0, 0.1) is 0 Å². The van der Waals surface area contributed by atoms with E-state index >= 15 is 0 Å². The fourth-order valence-corrected chi connectivity index (χ4v) is 3.06. The molecule has 1 aromatic carbocycles. The van der Waals surface area contributed by atoms with Gasteiger partial charge in [-0.1, -0.05) is 6.92 Å². The van der Waals surface area contributed by atoms with E-state index < -0.39 is 0 Å². The molecule has 0 unspecified atom stereocenters. The number of benzene rings is 1. The molecule has 1 saturated heterocycles. The Morgan fingerprint density at radius 1 is 1.33 bits per heavy atom. The van der Waals surface area contributed by atoms with Gasteiger partial charge in [0.25, 0.3) is 0 Å². The molecule has 0 aliphatic carbocycles. The number of imide groups is 1. The zero-order chi connectivity index (χ0) is 15.2. The summed E-state index contributed by atoms with van der Waals surface area (Å²) >= 11 is 1.45. The van der Waals surface area contributed by atoms with Crippen molar-refractivity contribution < 1.29 is 14.3 Å². The smallest absolute Gasteiger partial charge is 0.247 e. The second kappa shape index (κ2) is 7.47. The first-order valence-electron chi connectivity index (χ1n) is 7.08. The summed E-state index contributed by atoms with van der Waals surface area (Å²) in [5, 5.41) is -0.308. The number of rotatable bonds is 7. The first-order valence-corrected chi connectivity index (χ1v) is 8.13. The van der Waals surface area contributed by atoms with Gasteiger partial charge in [0.15, 0.2) is 0 Å². The quantitative estimate of drug-likeness (QED) is 0.778. The third kappa shape index (κ3) is 3.77. The molecule has 0 spiro atoms. The van der Waals surface area contributed by atoms with Crippen molar-refractivity contribution in [3.05, 3.63) is 24.3 Å². The lowest BCUT2D eigenvalue weighted by atomic mass is 10.3. The van der Waals surface area contributed by atoms with Crippen LogP contribution in [0.3, 0.4) is 0 Å². The van der Waals surface area contributed by atoms with E-state index in [1.807, 2.05) is 6.92 Å². The molecule has 1 aliphatic heterocycles. The van der Waals surface area contributed by atoms with Gasteiger partial charge < -0.3 is 10.5 Å². The molecule has 2 N–H and O–H groups in total. The summed E-state index contributed by atoms with van der Waals surface area (Å²) in [7, 11) is 0. The highest BCUT2D eigenvalue weighted by atomic mass is 32.2. The molecule has 114 valence electrons. The van der Waals surface area contributed by atoms with E-state index in [1.54, 1.807) is 24.3 Å². The summed E-state index contributed by atoms with van der Waals surface area (Å²) in [6.07, 6.45) is 1.18. The van der Waals surface area contributed by atoms with Gasteiger partial charge in [0.05, 0.1) is 17.5 Å². The predicted octanol–water partition coefficient (Wildman–Crippen LogP) is 1.80. The third-order valence-corrected chi connectivity index (χ3v) is 4.35. The lowest BCUT2D eigenvalue weighted by molar-refractivity contribution is -0.121. The third-order valence-electron chi connectivity index (χ3n) is 3.11. The standard InChI is InChI=1S/C15H20N2O3S/c1-2-8-20-12-5-3-11(4-6-12)17-14(18)10-13(15(17)19)21-9-7-16/h3-6,13H,2,7-10,16H2,1H3/t13-/m0/s1. The lowest BCUT2D eigenvalue weighted by Gasteiger charge is -2.15. The van der Waals surface area contributed by atoms with E-state index in [2.05, 4.69) is 0 Å². The van der Waals surface area contributed by atoms with E-state index in [1.165, 1.54) is 16.7 Å². The minimum atomic E-state index is -0.308. The monoisotopic (exact) mass is 308 g/mol. The number of ether oxygens (including phenoxy) is 1. The molecule has 1 aliphatic rings. The van der Waals surface area contributed by atoms with Crippen LogP contribution in [0.15, 0.2) is 24.3 Å². The van der Waals surface area contributed by atoms with Crippen LogP contribution < -0.4 is 15.4 Å². The van der Waals surface area contributed by atoms with Crippen molar-refractivity contribution in [1.82, 2.24) is 0 Å². The van der Waals surface area contributed by atoms with E-state index in [0.717, 1.165) is 12.2 Å². The Kier molecular flexibility index (Phi) is 5.64. The van der Waals surface area contributed by atoms with Crippen LogP contribution in [0.2, 0.25) is 0 Å². The average molecular weight is 308 g/mol. The molecule has 2 rings (SSSR count). The van der Waals surface area contributed by atoms with Crippen LogP contribution in [0.4, 0.5) is 5.69 Å². The number of hydrogen-bond donors (Lipinski definition) is 1. The fraction of sp³-hybridized carbons (Fsp3) is 0.467. The highest BCUT2D eigenvalue weighted by Gasteiger charge is 2.39. The van der Waals surface area contributed by atoms with Crippen molar-refractivity contribution in [1.29, 1.82) is 0 Å². The molecule has 1 fully saturated rings. The number of carbonyl (C=O) groups excluding carboxylic acids is 2. The molecular formula is C15H20N2O3S. The van der Waals surface area contributed by atoms with Crippen molar-refractivity contribution in [2.45, 2.75) is 25.0 Å². The average Bonchev–Trinajstić information content (AvgIpc) is 2.78. The van der Waals surface area contributed by atoms with Crippen LogP contribution >= 0.6 is 11.8 Å². The van der Waals surface area contributed by atoms with Crippen molar-refractivity contribution in [2.75, 3.05) is 23.8 Å². The maximum absolute atomic E-state index is 12.3. The summed E-state index contributed by atoms with van der Waals surface area (Å²) in [5.41, 5.74) is 6.05. The number of thioether (sulfide) groups is 1. The summed E-state index contributed by atoms with van der Waals surface area (Å²) in [5.74, 6) is 1.12. The highest BCUT2D eigenvalue weighted by molar-refractivity contribution is 8.00. The Labute approximate surface area is 128 Å². The molecule has 2 amide bonds. The zero-order valence-corrected chi connectivity index (χ0v) is 12.9. The molecule has 1 aromatic rings. The summed E-state index contributed by atoms with van der Waals surface area (Å²) in [6.45, 7) is 3.19. The predicted molar refractivity (Wildman–Crippen MR) is 84.6 cm³/mol. The SMILES string of the molecule is CCCOc1ccc(N2C(=O)C[C@H](SCCN)C2=O)cc1. The number of nitrogens with zero attached hydrogens (tertiary/aromatic N) is 1. The zero-order valence-electron chi connectivity index (χ0n) is 12.1. The van der Waals surface area contributed by atoms with Gasteiger partial charge in [0.1, 0.15) is 5.75 Å². The van der Waals surface area contributed by atoms with Gasteiger partial charge in [0.2, 0.25) is 11.8 Å². The van der Waals surface area contributed by atoms with Crippen molar-refractivity contribution in [3.8, 4) is 5.75 Å². The van der Waals surface area contributed by atoms with E-state index in [4.69, 9.17) is 10.5 Å². The molecule has 0 saturated carbocycles. The molecule has 0 radical (unpaired) electrons. The first-order chi connectivity index (χ1) is 10.2. The Balaban J connectivity index is 2.06. The summed E-state index contributed by atoms with van der Waals surface area (Å²) in [4.78, 5) is 25.6. The Hall–Kier alpha value is -1.53. The van der Waals surface area contributed by atoms with Gasteiger partial charge in [-0.25, -0.2) is 4.90 Å². The molecule has 1 atom stereocenters. The van der Waals surface area contributed by atoms with Gasteiger partial charge in [-0.15, -0.1) is 11.8 Å². The number of hydrogen-bond acceptors (Lipinski definition) is 5. The minimum absolute atomic E-state index is 0.152. The molecule has 1 heterocycles. The topological polar surface area (TPSA) is 72.6 Å². The second-order valence-electron chi connectivity index (χ2n) is 4.76. The van der Waals surface area contributed by atoms with Gasteiger partial charge in [-0.3, -0.25) is 9.59 Å². The maximum atomic E-state index is 12.3. The van der Waals surface area contributed by atoms with Gasteiger partial charge in [0, 0.05) is 18.7 Å². The van der Waals surface area contributed by atoms with Gasteiger partial charge in [-0.2, -0.15) is 0 Å². The maximum Gasteiger partial charge on any atom is 0.247 e. The second-order valence-corrected chi connectivity index (χ2v) is 6.07. The molecule has 0 bridgehead atoms. The molecule has 5 nitrogen and oxygen atoms in total. The molecule has 6 heteroatoms. The van der Waals surface area contributed by atoms with Gasteiger partial charge >= 0.3 is 0 Å². The number of amides is 2. The Morgan fingerprint density at radius 3 is 2.67 bits per heavy atom. The molecular weight excluding hydrogens is 288 g/mol. The Morgan fingerprint density at radius 2 is 2.05 bits per heavy atom. The van der Waals surface area contributed by atoms with Crippen LogP contribution in [-0.2, 0) is 9.59 Å². The van der Waals surface area contributed by atoms with E-state index in [0.29, 0.717) is 24.6 Å². The number of carbonyl (C=O) groups is 2. The Bertz CT molecular complexity index is 504. The van der Waals surface area contributed by atoms with Crippen LogP contribution in [0.25, 0.3) is 0 Å². The largest absolute Gasteiger partial charge is 0.494 e. The summed E-state index contributed by atoms with van der Waals surface area (Å²) in [6, 6.07) is 7.06. The van der Waals surface area contributed by atoms with Crippen molar-refractivity contribution in [3.63, 3.8) is 0 Å². The van der Waals surface area contributed by atoms with Crippen molar-refractivity contribution >= 4 is 29.3 Å². The molecule has 21 heavy (non-hydrogen) atoms. The van der Waals surface area contributed by atoms with Crippen molar-refractivity contribution in [2.24, 2.45) is 5.73 Å². The molecule has 0 aromatic heterocycles. The highest BCUT2D eigenvalue weighted by Crippen LogP contribution is 2.30. The normalized spacial score (nSPS) is 18.4. The van der Waals surface area contributed by atoms with Crippen LogP contribution in [0.5, 0.6) is 5.75 Å². The first kappa shape index (κ1) is 15.9. The van der Waals surface area contributed by atoms with Gasteiger partial charge in [-0.05, 0) is 30.7 Å². The fourth-order valence-electron chi connectivity index (χ4n) is 2.13. The summed E-state index contributed by atoms with van der Waals surface area (Å²) < 4.78 is 5.49. The van der Waals surface area contributed by atoms with Crippen LogP contribution in [0.1, 0.15) is 19.8 Å². The van der Waals surface area contributed by atoms with E-state index in [-0.39, 0.29) is 23.5 Å². The number of anilines is 1. The van der Waals surface area contributed by atoms with Crippen LogP contribution in [-0.4, -0.2) is 36.0 Å².